The first kappa shape index (κ1) is 13.9. The van der Waals surface area contributed by atoms with E-state index in [1.54, 1.807) is 0 Å². The van der Waals surface area contributed by atoms with Crippen LogP contribution in [-0.2, 0) is 4.79 Å². The molecule has 0 unspecified atom stereocenters. The Bertz CT molecular complexity index is 148. The number of amides is 1. The van der Waals surface area contributed by atoms with E-state index < -0.39 is 0 Å². The largest absolute Gasteiger partial charge is 0.356 e. The summed E-state index contributed by atoms with van der Waals surface area (Å²) >= 11 is 3.40. The molecule has 84 valence electrons. The first-order valence-electron chi connectivity index (χ1n) is 5.49. The van der Waals surface area contributed by atoms with Gasteiger partial charge < -0.3 is 5.32 Å². The summed E-state index contributed by atoms with van der Waals surface area (Å²) in [7, 11) is 0. The lowest BCUT2D eigenvalue weighted by atomic mass is 10.1. The van der Waals surface area contributed by atoms with Gasteiger partial charge in [-0.25, -0.2) is 0 Å². The molecule has 14 heavy (non-hydrogen) atoms. The van der Waals surface area contributed by atoms with Gasteiger partial charge in [0.25, 0.3) is 0 Å². The number of nitrogens with one attached hydrogen (secondary N) is 1. The van der Waals surface area contributed by atoms with Crippen LogP contribution in [0.3, 0.4) is 0 Å². The average molecular weight is 264 g/mol. The first-order valence-corrected chi connectivity index (χ1v) is 6.61. The van der Waals surface area contributed by atoms with E-state index in [-0.39, 0.29) is 5.91 Å². The fraction of sp³-hybridized carbons (Fsp3) is 0.909. The van der Waals surface area contributed by atoms with E-state index in [4.69, 9.17) is 0 Å². The molecular weight excluding hydrogens is 242 g/mol. The molecule has 3 heteroatoms. The fourth-order valence-corrected chi connectivity index (χ4v) is 1.64. The molecule has 0 spiro atoms. The van der Waals surface area contributed by atoms with E-state index in [1.165, 1.54) is 19.3 Å². The van der Waals surface area contributed by atoms with Gasteiger partial charge in [-0.2, -0.15) is 0 Å². The van der Waals surface area contributed by atoms with Crippen molar-refractivity contribution >= 4 is 21.8 Å². The smallest absolute Gasteiger partial charge is 0.220 e. The Morgan fingerprint density at radius 1 is 1.21 bits per heavy atom. The molecule has 0 atom stereocenters. The Labute approximate surface area is 96.0 Å². The van der Waals surface area contributed by atoms with E-state index in [1.807, 2.05) is 0 Å². The molecule has 0 saturated carbocycles. The number of unbranched alkanes of at least 4 members (excludes halogenated alkanes) is 3. The Morgan fingerprint density at radius 2 is 1.86 bits per heavy atom. The monoisotopic (exact) mass is 263 g/mol. The Hall–Kier alpha value is -0.0500. The molecule has 2 nitrogen and oxygen atoms in total. The van der Waals surface area contributed by atoms with Crippen molar-refractivity contribution in [1.29, 1.82) is 0 Å². The molecule has 0 aromatic heterocycles. The summed E-state index contributed by atoms with van der Waals surface area (Å²) in [6.45, 7) is 4.97. The second-order valence-corrected chi connectivity index (χ2v) is 4.84. The van der Waals surface area contributed by atoms with Gasteiger partial charge in [0.2, 0.25) is 5.91 Å². The average Bonchev–Trinajstić information content (AvgIpc) is 2.10. The van der Waals surface area contributed by atoms with E-state index in [2.05, 4.69) is 35.1 Å². The van der Waals surface area contributed by atoms with Crippen molar-refractivity contribution in [3.8, 4) is 0 Å². The van der Waals surface area contributed by atoms with Crippen LogP contribution in [0.4, 0.5) is 0 Å². The predicted octanol–water partition coefficient (Wildman–Crippen LogP) is 3.10. The standard InChI is InChI=1S/C11H22BrNO/c1-10(2)9-11(14)13-8-6-4-3-5-7-12/h10H,3-9H2,1-2H3,(H,13,14). The Balaban J connectivity index is 3.15. The van der Waals surface area contributed by atoms with E-state index in [0.29, 0.717) is 12.3 Å². The fourth-order valence-electron chi connectivity index (χ4n) is 1.24. The summed E-state index contributed by atoms with van der Waals surface area (Å²) in [4.78, 5) is 11.2. The van der Waals surface area contributed by atoms with Crippen molar-refractivity contribution in [3.05, 3.63) is 0 Å². The van der Waals surface area contributed by atoms with Crippen LogP contribution in [0.25, 0.3) is 0 Å². The normalized spacial score (nSPS) is 10.6. The summed E-state index contributed by atoms with van der Waals surface area (Å²) in [6.07, 6.45) is 5.47. The molecule has 0 rings (SSSR count). The topological polar surface area (TPSA) is 29.1 Å². The minimum absolute atomic E-state index is 0.195. The van der Waals surface area contributed by atoms with Crippen LogP contribution in [0.5, 0.6) is 0 Å². The maximum Gasteiger partial charge on any atom is 0.220 e. The van der Waals surface area contributed by atoms with Crippen molar-refractivity contribution in [1.82, 2.24) is 5.32 Å². The molecule has 1 amide bonds. The highest BCUT2D eigenvalue weighted by Gasteiger charge is 2.02. The Kier molecular flexibility index (Phi) is 9.47. The van der Waals surface area contributed by atoms with Crippen LogP contribution < -0.4 is 5.32 Å². The summed E-state index contributed by atoms with van der Waals surface area (Å²) in [5, 5.41) is 4.03. The highest BCUT2D eigenvalue weighted by Crippen LogP contribution is 2.02. The molecule has 1 N–H and O–H groups in total. The summed E-state index contributed by atoms with van der Waals surface area (Å²) in [5.74, 6) is 0.656. The quantitative estimate of drug-likeness (QED) is 0.529. The van der Waals surface area contributed by atoms with E-state index >= 15 is 0 Å². The number of hydrogen-bond donors (Lipinski definition) is 1. The van der Waals surface area contributed by atoms with Gasteiger partial charge in [-0.1, -0.05) is 42.6 Å². The first-order chi connectivity index (χ1) is 6.66. The molecule has 0 fully saturated rings. The third kappa shape index (κ3) is 10.0. The molecule has 0 aliphatic rings. The van der Waals surface area contributed by atoms with Crippen LogP contribution >= 0.6 is 15.9 Å². The molecule has 0 aromatic carbocycles. The van der Waals surface area contributed by atoms with Gasteiger partial charge in [0.15, 0.2) is 0 Å². The van der Waals surface area contributed by atoms with E-state index in [0.717, 1.165) is 18.3 Å². The van der Waals surface area contributed by atoms with Crippen molar-refractivity contribution in [2.75, 3.05) is 11.9 Å². The van der Waals surface area contributed by atoms with Crippen LogP contribution in [0.2, 0.25) is 0 Å². The summed E-state index contributed by atoms with van der Waals surface area (Å²) < 4.78 is 0. The molecule has 0 aliphatic carbocycles. The SMILES string of the molecule is CC(C)CC(=O)NCCCCCCBr. The van der Waals surface area contributed by atoms with Gasteiger partial charge in [0, 0.05) is 18.3 Å². The van der Waals surface area contributed by atoms with Gasteiger partial charge in [0.1, 0.15) is 0 Å². The lowest BCUT2D eigenvalue weighted by Crippen LogP contribution is -2.25. The highest BCUT2D eigenvalue weighted by atomic mass is 79.9. The lowest BCUT2D eigenvalue weighted by Gasteiger charge is -2.06. The second kappa shape index (κ2) is 9.50. The number of alkyl halides is 1. The zero-order valence-corrected chi connectivity index (χ0v) is 10.9. The Morgan fingerprint density at radius 3 is 2.43 bits per heavy atom. The van der Waals surface area contributed by atoms with E-state index in [9.17, 15) is 4.79 Å². The van der Waals surface area contributed by atoms with Crippen molar-refractivity contribution in [2.45, 2.75) is 46.0 Å². The molecule has 0 aromatic rings. The lowest BCUT2D eigenvalue weighted by molar-refractivity contribution is -0.121. The third-order valence-corrected chi connectivity index (χ3v) is 2.54. The zero-order chi connectivity index (χ0) is 10.8. The van der Waals surface area contributed by atoms with Crippen molar-refractivity contribution in [3.63, 3.8) is 0 Å². The van der Waals surface area contributed by atoms with Gasteiger partial charge in [-0.3, -0.25) is 4.79 Å². The summed E-state index contributed by atoms with van der Waals surface area (Å²) in [5.41, 5.74) is 0. The zero-order valence-electron chi connectivity index (χ0n) is 9.31. The van der Waals surface area contributed by atoms with Crippen molar-refractivity contribution in [2.24, 2.45) is 5.92 Å². The van der Waals surface area contributed by atoms with Gasteiger partial charge in [-0.15, -0.1) is 0 Å². The maximum absolute atomic E-state index is 11.2. The number of hydrogen-bond acceptors (Lipinski definition) is 1. The van der Waals surface area contributed by atoms with Crippen LogP contribution in [0.15, 0.2) is 0 Å². The predicted molar refractivity (Wildman–Crippen MR) is 64.7 cm³/mol. The number of halogens is 1. The molecule has 0 saturated heterocycles. The number of carbonyl (C=O) groups excluding carboxylic acids is 1. The minimum Gasteiger partial charge on any atom is -0.356 e. The second-order valence-electron chi connectivity index (χ2n) is 4.05. The van der Waals surface area contributed by atoms with Crippen LogP contribution in [0.1, 0.15) is 46.0 Å². The molecular formula is C11H22BrNO. The maximum atomic E-state index is 11.2. The van der Waals surface area contributed by atoms with Crippen LogP contribution in [-0.4, -0.2) is 17.8 Å². The van der Waals surface area contributed by atoms with Gasteiger partial charge in [0.05, 0.1) is 0 Å². The van der Waals surface area contributed by atoms with Crippen molar-refractivity contribution < 1.29 is 4.79 Å². The molecule has 0 radical (unpaired) electrons. The highest BCUT2D eigenvalue weighted by molar-refractivity contribution is 9.09. The summed E-state index contributed by atoms with van der Waals surface area (Å²) in [6, 6.07) is 0. The molecule has 0 heterocycles. The van der Waals surface area contributed by atoms with Gasteiger partial charge in [-0.05, 0) is 18.8 Å². The van der Waals surface area contributed by atoms with Gasteiger partial charge >= 0.3 is 0 Å². The van der Waals surface area contributed by atoms with Crippen LogP contribution in [0, 0.1) is 5.92 Å². The molecule has 0 bridgehead atoms. The third-order valence-electron chi connectivity index (χ3n) is 1.98. The minimum atomic E-state index is 0.195. The number of rotatable bonds is 8. The molecule has 0 aliphatic heterocycles. The number of carbonyl (C=O) groups is 1.